The zero-order chi connectivity index (χ0) is 21.7. The number of para-hydroxylation sites is 1. The highest BCUT2D eigenvalue weighted by Gasteiger charge is 2.29. The van der Waals surface area contributed by atoms with Crippen molar-refractivity contribution in [3.8, 4) is 0 Å². The summed E-state index contributed by atoms with van der Waals surface area (Å²) in [5, 5.41) is 12.4. The normalized spacial score (nSPS) is 20.0. The minimum Gasteiger partial charge on any atom is -0.480 e. The first-order valence-electron chi connectivity index (χ1n) is 10.1. The molecule has 1 saturated carbocycles. The van der Waals surface area contributed by atoms with E-state index in [-0.39, 0.29) is 23.3 Å². The second kappa shape index (κ2) is 9.97. The average molecular weight is 434 g/mol. The number of carboxylic acid groups (broad SMARTS) is 1. The van der Waals surface area contributed by atoms with Crippen molar-refractivity contribution < 1.29 is 14.7 Å². The smallest absolute Gasteiger partial charge is 0.328 e. The topological polar surface area (TPSA) is 121 Å². The summed E-state index contributed by atoms with van der Waals surface area (Å²) >= 11 is 1.54. The average Bonchev–Trinajstić information content (AvgIpc) is 2.74. The molecule has 0 radical (unpaired) electrons. The van der Waals surface area contributed by atoms with Crippen LogP contribution in [-0.4, -0.2) is 44.6 Å². The van der Waals surface area contributed by atoms with Gasteiger partial charge in [0.15, 0.2) is 0 Å². The Labute approximate surface area is 178 Å². The Morgan fingerprint density at radius 1 is 1.23 bits per heavy atom. The van der Waals surface area contributed by atoms with Gasteiger partial charge in [0.05, 0.1) is 10.9 Å². The molecule has 1 atom stereocenters. The molecule has 1 aliphatic carbocycles. The second-order valence-corrected chi connectivity index (χ2v) is 8.78. The highest BCUT2D eigenvalue weighted by Crippen LogP contribution is 2.29. The number of carbonyl (C=O) groups excluding carboxylic acids is 1. The number of aliphatic carboxylic acids is 1. The molecule has 1 unspecified atom stereocenters. The zero-order valence-electron chi connectivity index (χ0n) is 16.9. The lowest BCUT2D eigenvalue weighted by molar-refractivity contribution is -0.142. The third kappa shape index (κ3) is 5.13. The molecule has 0 bridgehead atoms. The summed E-state index contributed by atoms with van der Waals surface area (Å²) in [5.74, 6) is -0.674. The molecule has 0 saturated heterocycles. The predicted molar refractivity (Wildman–Crippen MR) is 117 cm³/mol. The van der Waals surface area contributed by atoms with Gasteiger partial charge in [0.25, 0.3) is 5.56 Å². The Balaban J connectivity index is 1.60. The van der Waals surface area contributed by atoms with Crippen molar-refractivity contribution in [2.45, 2.75) is 44.7 Å². The summed E-state index contributed by atoms with van der Waals surface area (Å²) in [6.45, 7) is 0.318. The van der Waals surface area contributed by atoms with E-state index >= 15 is 0 Å². The number of aromatic nitrogens is 2. The second-order valence-electron chi connectivity index (χ2n) is 7.79. The fraction of sp³-hybridized carbons (Fsp3) is 0.524. The number of nitrogens with one attached hydrogen (secondary N) is 2. The third-order valence-corrected chi connectivity index (χ3v) is 6.42. The Hall–Kier alpha value is -2.55. The number of benzene rings is 1. The largest absolute Gasteiger partial charge is 0.480 e. The molecule has 2 aromatic rings. The van der Waals surface area contributed by atoms with E-state index in [1.54, 1.807) is 36.0 Å². The lowest BCUT2D eigenvalue weighted by Gasteiger charge is -2.28. The molecule has 1 heterocycles. The van der Waals surface area contributed by atoms with Gasteiger partial charge in [-0.2, -0.15) is 11.8 Å². The Morgan fingerprint density at radius 2 is 1.93 bits per heavy atom. The number of hydrogen-bond donors (Lipinski definition) is 3. The van der Waals surface area contributed by atoms with Crippen LogP contribution in [0.2, 0.25) is 0 Å². The van der Waals surface area contributed by atoms with E-state index in [0.29, 0.717) is 55.3 Å². The Bertz CT molecular complexity index is 1020. The summed E-state index contributed by atoms with van der Waals surface area (Å²) in [7, 11) is 0. The molecule has 9 heteroatoms. The van der Waals surface area contributed by atoms with Gasteiger partial charge in [0.1, 0.15) is 6.04 Å². The van der Waals surface area contributed by atoms with Gasteiger partial charge in [-0.1, -0.05) is 12.1 Å². The maximum Gasteiger partial charge on any atom is 0.328 e. The van der Waals surface area contributed by atoms with Crippen LogP contribution in [0.1, 0.15) is 32.1 Å². The van der Waals surface area contributed by atoms with E-state index in [1.165, 1.54) is 4.57 Å². The summed E-state index contributed by atoms with van der Waals surface area (Å²) in [6, 6.07) is 6.07. The first-order chi connectivity index (χ1) is 14.4. The van der Waals surface area contributed by atoms with Gasteiger partial charge in [-0.25, -0.2) is 9.59 Å². The molecule has 1 aromatic heterocycles. The first kappa shape index (κ1) is 22.1. The summed E-state index contributed by atoms with van der Waals surface area (Å²) in [5.41, 5.74) is -0.192. The number of nitrogens with zero attached hydrogens (tertiary/aromatic N) is 1. The molecule has 1 aliphatic rings. The number of rotatable bonds is 8. The van der Waals surface area contributed by atoms with Crippen molar-refractivity contribution >= 4 is 34.5 Å². The van der Waals surface area contributed by atoms with Crippen molar-refractivity contribution in [2.24, 2.45) is 11.8 Å². The molecule has 0 aliphatic heterocycles. The highest BCUT2D eigenvalue weighted by atomic mass is 32.2. The van der Waals surface area contributed by atoms with E-state index in [9.17, 15) is 24.3 Å². The van der Waals surface area contributed by atoms with Crippen molar-refractivity contribution in [3.63, 3.8) is 0 Å². The van der Waals surface area contributed by atoms with Crippen LogP contribution in [-0.2, 0) is 16.1 Å². The molecule has 30 heavy (non-hydrogen) atoms. The molecule has 8 nitrogen and oxygen atoms in total. The zero-order valence-corrected chi connectivity index (χ0v) is 17.7. The number of H-pyrrole nitrogens is 1. The van der Waals surface area contributed by atoms with Gasteiger partial charge in [0.2, 0.25) is 5.91 Å². The van der Waals surface area contributed by atoms with Gasteiger partial charge in [-0.3, -0.25) is 14.2 Å². The minimum atomic E-state index is -1.01. The van der Waals surface area contributed by atoms with Gasteiger partial charge >= 0.3 is 11.7 Å². The molecular weight excluding hydrogens is 406 g/mol. The standard InChI is InChI=1S/C21H27N3O5S/c1-30-11-10-17(20(27)28)22-18(25)14-8-6-13(7-9-14)12-24-19(26)15-4-2-3-5-16(15)23-21(24)29/h2-5,13-14,17H,6-12H2,1H3,(H,22,25)(H,23,29)(H,27,28). The van der Waals surface area contributed by atoms with Gasteiger partial charge in [-0.05, 0) is 62.2 Å². The summed E-state index contributed by atoms with van der Waals surface area (Å²) < 4.78 is 1.25. The molecule has 1 fully saturated rings. The molecule has 3 rings (SSSR count). The van der Waals surface area contributed by atoms with Crippen molar-refractivity contribution in [1.82, 2.24) is 14.9 Å². The number of carbonyl (C=O) groups is 2. The maximum absolute atomic E-state index is 12.7. The highest BCUT2D eigenvalue weighted by molar-refractivity contribution is 7.98. The number of thioether (sulfide) groups is 1. The molecule has 1 amide bonds. The van der Waals surface area contributed by atoms with E-state index < -0.39 is 17.7 Å². The van der Waals surface area contributed by atoms with Crippen LogP contribution in [0.3, 0.4) is 0 Å². The van der Waals surface area contributed by atoms with Crippen LogP contribution in [0, 0.1) is 11.8 Å². The molecule has 3 N–H and O–H groups in total. The van der Waals surface area contributed by atoms with Crippen molar-refractivity contribution in [1.29, 1.82) is 0 Å². The van der Waals surface area contributed by atoms with Crippen LogP contribution in [0.25, 0.3) is 10.9 Å². The Morgan fingerprint density at radius 3 is 2.60 bits per heavy atom. The quantitative estimate of drug-likeness (QED) is 0.584. The van der Waals surface area contributed by atoms with Crippen LogP contribution < -0.4 is 16.6 Å². The van der Waals surface area contributed by atoms with E-state index in [0.717, 1.165) is 0 Å². The lowest BCUT2D eigenvalue weighted by Crippen LogP contribution is -2.45. The van der Waals surface area contributed by atoms with Gasteiger partial charge < -0.3 is 15.4 Å². The number of aromatic amines is 1. The monoisotopic (exact) mass is 433 g/mol. The number of amides is 1. The van der Waals surface area contributed by atoms with E-state index in [4.69, 9.17) is 0 Å². The molecular formula is C21H27N3O5S. The number of carboxylic acids is 1. The molecule has 0 spiro atoms. The van der Waals surface area contributed by atoms with E-state index in [2.05, 4.69) is 10.3 Å². The summed E-state index contributed by atoms with van der Waals surface area (Å²) in [4.78, 5) is 51.6. The van der Waals surface area contributed by atoms with Gasteiger partial charge in [-0.15, -0.1) is 0 Å². The third-order valence-electron chi connectivity index (χ3n) is 5.77. The minimum absolute atomic E-state index is 0.126. The van der Waals surface area contributed by atoms with Crippen LogP contribution >= 0.6 is 11.8 Å². The molecule has 1 aromatic carbocycles. The van der Waals surface area contributed by atoms with Crippen molar-refractivity contribution in [3.05, 3.63) is 45.1 Å². The Kier molecular flexibility index (Phi) is 7.36. The number of fused-ring (bicyclic) bond motifs is 1. The number of hydrogen-bond acceptors (Lipinski definition) is 5. The lowest BCUT2D eigenvalue weighted by atomic mass is 9.81. The SMILES string of the molecule is CSCCC(NC(=O)C1CCC(Cn2c(=O)[nH]c3ccccc3c2=O)CC1)C(=O)O. The van der Waals surface area contributed by atoms with E-state index in [1.807, 2.05) is 6.26 Å². The summed E-state index contributed by atoms with van der Waals surface area (Å²) in [6.07, 6.45) is 4.94. The van der Waals surface area contributed by atoms with Crippen LogP contribution in [0.5, 0.6) is 0 Å². The fourth-order valence-corrected chi connectivity index (χ4v) is 4.48. The fourth-order valence-electron chi connectivity index (χ4n) is 4.01. The van der Waals surface area contributed by atoms with Crippen molar-refractivity contribution in [2.75, 3.05) is 12.0 Å². The van der Waals surface area contributed by atoms with Crippen LogP contribution in [0.4, 0.5) is 0 Å². The van der Waals surface area contributed by atoms with Gasteiger partial charge in [0, 0.05) is 12.5 Å². The first-order valence-corrected chi connectivity index (χ1v) is 11.5. The molecule has 162 valence electrons. The van der Waals surface area contributed by atoms with Crippen LogP contribution in [0.15, 0.2) is 33.9 Å². The maximum atomic E-state index is 12.7. The predicted octanol–water partition coefficient (Wildman–Crippen LogP) is 1.82.